The van der Waals surface area contributed by atoms with E-state index in [2.05, 4.69) is 30.6 Å². The van der Waals surface area contributed by atoms with E-state index in [1.54, 1.807) is 0 Å². The Morgan fingerprint density at radius 2 is 2.12 bits per heavy atom. The molecular formula is C14H28N2S. The zero-order valence-corrected chi connectivity index (χ0v) is 12.3. The summed E-state index contributed by atoms with van der Waals surface area (Å²) >= 11 is 2.11. The van der Waals surface area contributed by atoms with Crippen molar-refractivity contribution in [3.63, 3.8) is 0 Å². The number of nitrogens with zero attached hydrogens (tertiary/aromatic N) is 1. The number of nitrogens with two attached hydrogens (primary N) is 1. The van der Waals surface area contributed by atoms with Crippen molar-refractivity contribution in [1.82, 2.24) is 4.90 Å². The van der Waals surface area contributed by atoms with Gasteiger partial charge in [0.1, 0.15) is 0 Å². The zero-order chi connectivity index (χ0) is 12.3. The maximum Gasteiger partial charge on any atom is 0.0332 e. The predicted octanol–water partition coefficient (Wildman–Crippen LogP) is 2.72. The van der Waals surface area contributed by atoms with Gasteiger partial charge >= 0.3 is 0 Å². The van der Waals surface area contributed by atoms with Crippen LogP contribution in [0.15, 0.2) is 0 Å². The van der Waals surface area contributed by atoms with Crippen molar-refractivity contribution >= 4 is 11.8 Å². The summed E-state index contributed by atoms with van der Waals surface area (Å²) in [4.78, 5) is 2.66. The normalized spacial score (nSPS) is 39.5. The fraction of sp³-hybridized carbons (Fsp3) is 1.00. The summed E-state index contributed by atoms with van der Waals surface area (Å²) in [6, 6.07) is 0.775. The van der Waals surface area contributed by atoms with E-state index in [1.807, 2.05) is 0 Å². The van der Waals surface area contributed by atoms with Crippen LogP contribution in [0.25, 0.3) is 0 Å². The summed E-state index contributed by atoms with van der Waals surface area (Å²) in [6.07, 6.45) is 8.10. The van der Waals surface area contributed by atoms with Gasteiger partial charge < -0.3 is 5.73 Å². The van der Waals surface area contributed by atoms with Gasteiger partial charge in [-0.25, -0.2) is 0 Å². The molecule has 2 nitrogen and oxygen atoms in total. The van der Waals surface area contributed by atoms with Crippen LogP contribution in [0.3, 0.4) is 0 Å². The Morgan fingerprint density at radius 3 is 2.76 bits per heavy atom. The van der Waals surface area contributed by atoms with Crippen LogP contribution < -0.4 is 5.73 Å². The highest BCUT2D eigenvalue weighted by Crippen LogP contribution is 2.36. The minimum absolute atomic E-state index is 0.306. The van der Waals surface area contributed by atoms with Crippen molar-refractivity contribution in [1.29, 1.82) is 0 Å². The van der Waals surface area contributed by atoms with Crippen LogP contribution in [0.5, 0.6) is 0 Å². The first-order chi connectivity index (χ1) is 8.18. The molecule has 0 amide bonds. The summed E-state index contributed by atoms with van der Waals surface area (Å²) in [7, 11) is 2.33. The molecule has 2 rings (SSSR count). The Balaban J connectivity index is 2.05. The standard InChI is InChI=1S/C14H28N2S/c1-12-4-3-7-14(11-15,8-5-12)16(2)13-6-9-17-10-13/h12-13H,3-11,15H2,1-2H3. The van der Waals surface area contributed by atoms with Gasteiger partial charge in [0, 0.05) is 23.9 Å². The van der Waals surface area contributed by atoms with E-state index >= 15 is 0 Å². The molecule has 3 heteroatoms. The average molecular weight is 256 g/mol. The lowest BCUT2D eigenvalue weighted by Crippen LogP contribution is -2.55. The van der Waals surface area contributed by atoms with Gasteiger partial charge in [0.05, 0.1) is 0 Å². The average Bonchev–Trinajstić information content (AvgIpc) is 2.80. The second-order valence-electron chi connectivity index (χ2n) is 6.09. The van der Waals surface area contributed by atoms with Crippen molar-refractivity contribution in [2.45, 2.75) is 57.0 Å². The van der Waals surface area contributed by atoms with Crippen molar-refractivity contribution in [3.05, 3.63) is 0 Å². The number of thioether (sulfide) groups is 1. The SMILES string of the molecule is CC1CCCC(CN)(N(C)C2CCSC2)CC1. The van der Waals surface area contributed by atoms with Crippen LogP contribution in [-0.4, -0.2) is 41.6 Å². The molecule has 1 saturated heterocycles. The fourth-order valence-corrected chi connectivity index (χ4v) is 4.75. The molecule has 0 radical (unpaired) electrons. The molecule has 3 atom stereocenters. The number of likely N-dealkylation sites (N-methyl/N-ethyl adjacent to an activating group) is 1. The van der Waals surface area contributed by atoms with Gasteiger partial charge in [0.25, 0.3) is 0 Å². The Morgan fingerprint density at radius 1 is 1.29 bits per heavy atom. The summed E-state index contributed by atoms with van der Waals surface area (Å²) in [6.45, 7) is 3.25. The molecule has 2 N–H and O–H groups in total. The highest BCUT2D eigenvalue weighted by Gasteiger charge is 2.38. The van der Waals surface area contributed by atoms with E-state index in [0.717, 1.165) is 18.5 Å². The van der Waals surface area contributed by atoms with Crippen molar-refractivity contribution < 1.29 is 0 Å². The van der Waals surface area contributed by atoms with Gasteiger partial charge in [-0.2, -0.15) is 11.8 Å². The second kappa shape index (κ2) is 5.94. The van der Waals surface area contributed by atoms with Crippen molar-refractivity contribution in [2.24, 2.45) is 11.7 Å². The third-order valence-electron chi connectivity index (χ3n) is 5.02. The summed E-state index contributed by atoms with van der Waals surface area (Å²) in [5.74, 6) is 3.55. The lowest BCUT2D eigenvalue weighted by atomic mass is 9.86. The lowest BCUT2D eigenvalue weighted by Gasteiger charge is -2.44. The first-order valence-corrected chi connectivity index (χ1v) is 8.34. The minimum atomic E-state index is 0.306. The number of hydrogen-bond donors (Lipinski definition) is 1. The number of rotatable bonds is 3. The topological polar surface area (TPSA) is 29.3 Å². The molecule has 100 valence electrons. The van der Waals surface area contributed by atoms with Crippen LogP contribution in [0.2, 0.25) is 0 Å². The molecular weight excluding hydrogens is 228 g/mol. The van der Waals surface area contributed by atoms with Crippen LogP contribution in [-0.2, 0) is 0 Å². The molecule has 1 aliphatic carbocycles. The monoisotopic (exact) mass is 256 g/mol. The Labute approximate surface area is 111 Å². The molecule has 2 aliphatic rings. The first kappa shape index (κ1) is 13.7. The molecule has 0 aromatic carbocycles. The molecule has 0 bridgehead atoms. The molecule has 17 heavy (non-hydrogen) atoms. The van der Waals surface area contributed by atoms with E-state index in [4.69, 9.17) is 5.73 Å². The summed E-state index contributed by atoms with van der Waals surface area (Å²) in [5.41, 5.74) is 6.48. The largest absolute Gasteiger partial charge is 0.329 e. The minimum Gasteiger partial charge on any atom is -0.329 e. The van der Waals surface area contributed by atoms with E-state index in [0.29, 0.717) is 5.54 Å². The van der Waals surface area contributed by atoms with E-state index < -0.39 is 0 Å². The van der Waals surface area contributed by atoms with Crippen LogP contribution >= 0.6 is 11.8 Å². The molecule has 2 fully saturated rings. The number of hydrogen-bond acceptors (Lipinski definition) is 3. The first-order valence-electron chi connectivity index (χ1n) is 7.19. The van der Waals surface area contributed by atoms with Crippen molar-refractivity contribution in [2.75, 3.05) is 25.1 Å². The Hall–Kier alpha value is 0.270. The molecule has 0 spiro atoms. The van der Waals surface area contributed by atoms with Gasteiger partial charge in [-0.15, -0.1) is 0 Å². The highest BCUT2D eigenvalue weighted by atomic mass is 32.2. The Kier molecular flexibility index (Phi) is 4.79. The predicted molar refractivity (Wildman–Crippen MR) is 77.5 cm³/mol. The third-order valence-corrected chi connectivity index (χ3v) is 6.17. The van der Waals surface area contributed by atoms with Gasteiger partial charge in [-0.1, -0.05) is 19.8 Å². The fourth-order valence-electron chi connectivity index (χ4n) is 3.48. The molecule has 3 unspecified atom stereocenters. The van der Waals surface area contributed by atoms with Crippen LogP contribution in [0.1, 0.15) is 45.4 Å². The molecule has 1 aliphatic heterocycles. The van der Waals surface area contributed by atoms with Gasteiger partial charge in [-0.3, -0.25) is 4.90 Å². The van der Waals surface area contributed by atoms with Crippen molar-refractivity contribution in [3.8, 4) is 0 Å². The molecule has 1 saturated carbocycles. The maximum atomic E-state index is 6.17. The van der Waals surface area contributed by atoms with Gasteiger partial charge in [0.2, 0.25) is 0 Å². The van der Waals surface area contributed by atoms with E-state index in [1.165, 1.54) is 50.0 Å². The second-order valence-corrected chi connectivity index (χ2v) is 7.24. The lowest BCUT2D eigenvalue weighted by molar-refractivity contribution is 0.0715. The smallest absolute Gasteiger partial charge is 0.0332 e. The highest BCUT2D eigenvalue weighted by molar-refractivity contribution is 7.99. The van der Waals surface area contributed by atoms with Crippen LogP contribution in [0.4, 0.5) is 0 Å². The van der Waals surface area contributed by atoms with Crippen LogP contribution in [0, 0.1) is 5.92 Å². The molecule has 0 aromatic heterocycles. The molecule has 1 heterocycles. The Bertz CT molecular complexity index is 240. The summed E-state index contributed by atoms with van der Waals surface area (Å²) < 4.78 is 0. The maximum absolute atomic E-state index is 6.17. The van der Waals surface area contributed by atoms with E-state index in [-0.39, 0.29) is 0 Å². The van der Waals surface area contributed by atoms with Gasteiger partial charge in [0.15, 0.2) is 0 Å². The molecule has 0 aromatic rings. The van der Waals surface area contributed by atoms with E-state index in [9.17, 15) is 0 Å². The van der Waals surface area contributed by atoms with Gasteiger partial charge in [-0.05, 0) is 44.4 Å². The third kappa shape index (κ3) is 2.99. The zero-order valence-electron chi connectivity index (χ0n) is 11.5. The summed E-state index contributed by atoms with van der Waals surface area (Å²) in [5, 5.41) is 0. The quantitative estimate of drug-likeness (QED) is 0.787.